The van der Waals surface area contributed by atoms with E-state index < -0.39 is 0 Å². The molecular formula is C23H28N6O3. The van der Waals surface area contributed by atoms with E-state index in [1.165, 1.54) is 11.0 Å². The molecule has 3 heterocycles. The molecule has 168 valence electrons. The van der Waals surface area contributed by atoms with Gasteiger partial charge in [0, 0.05) is 44.6 Å². The zero-order chi connectivity index (χ0) is 22.7. The maximum atomic E-state index is 12.0. The molecular weight excluding hydrogens is 408 g/mol. The summed E-state index contributed by atoms with van der Waals surface area (Å²) in [4.78, 5) is 38.3. The molecule has 2 aromatic rings. The molecule has 2 amide bonds. The lowest BCUT2D eigenvalue weighted by Crippen LogP contribution is -2.48. The standard InChI is InChI=1S/C23H28N6O3/c1-4-20(30)28-12-10-27(11-13-28)19-8-6-17(7-9-19)16(3)25-22-24-14-18-15-32-23(31)29(5-2)21(18)26-22/h4,6-9,14,16H,1,5,10-13,15H2,2-3H3,(H,24,25,26). The van der Waals surface area contributed by atoms with Gasteiger partial charge in [-0.15, -0.1) is 0 Å². The zero-order valence-electron chi connectivity index (χ0n) is 18.5. The first-order valence-corrected chi connectivity index (χ1v) is 10.8. The van der Waals surface area contributed by atoms with E-state index in [4.69, 9.17) is 4.74 Å². The molecule has 32 heavy (non-hydrogen) atoms. The van der Waals surface area contributed by atoms with E-state index >= 15 is 0 Å². The van der Waals surface area contributed by atoms with Gasteiger partial charge in [0.15, 0.2) is 0 Å². The molecule has 2 aliphatic heterocycles. The van der Waals surface area contributed by atoms with Crippen LogP contribution >= 0.6 is 0 Å². The van der Waals surface area contributed by atoms with E-state index in [-0.39, 0.29) is 24.6 Å². The molecule has 1 unspecified atom stereocenters. The summed E-state index contributed by atoms with van der Waals surface area (Å²) < 4.78 is 5.14. The monoisotopic (exact) mass is 436 g/mol. The average Bonchev–Trinajstić information content (AvgIpc) is 2.83. The van der Waals surface area contributed by atoms with Gasteiger partial charge in [-0.25, -0.2) is 9.78 Å². The SMILES string of the molecule is C=CC(=O)N1CCN(c2ccc(C(C)Nc3ncc4c(n3)N(CC)C(=O)OC4)cc2)CC1. The Bertz CT molecular complexity index is 1000. The molecule has 4 rings (SSSR count). The van der Waals surface area contributed by atoms with Gasteiger partial charge in [0.05, 0.1) is 11.6 Å². The lowest BCUT2D eigenvalue weighted by Gasteiger charge is -2.35. The Labute approximate surface area is 187 Å². The smallest absolute Gasteiger partial charge is 0.415 e. The van der Waals surface area contributed by atoms with Crippen LogP contribution in [0, 0.1) is 0 Å². The number of ether oxygens (including phenoxy) is 1. The van der Waals surface area contributed by atoms with Crippen molar-refractivity contribution in [3.05, 3.63) is 54.2 Å². The van der Waals surface area contributed by atoms with Crippen molar-refractivity contribution in [2.45, 2.75) is 26.5 Å². The molecule has 0 spiro atoms. The van der Waals surface area contributed by atoms with Gasteiger partial charge in [0.25, 0.3) is 0 Å². The fourth-order valence-corrected chi connectivity index (χ4v) is 3.95. The topological polar surface area (TPSA) is 90.9 Å². The molecule has 9 nitrogen and oxygen atoms in total. The number of hydrogen-bond acceptors (Lipinski definition) is 7. The van der Waals surface area contributed by atoms with Crippen LogP contribution in [-0.2, 0) is 16.1 Å². The summed E-state index contributed by atoms with van der Waals surface area (Å²) in [5.41, 5.74) is 3.03. The van der Waals surface area contributed by atoms with Crippen molar-refractivity contribution in [2.75, 3.05) is 47.8 Å². The van der Waals surface area contributed by atoms with Crippen LogP contribution in [0.3, 0.4) is 0 Å². The normalized spacial score (nSPS) is 16.8. The van der Waals surface area contributed by atoms with Crippen LogP contribution in [0.2, 0.25) is 0 Å². The number of nitrogens with one attached hydrogen (secondary N) is 1. The summed E-state index contributed by atoms with van der Waals surface area (Å²) in [7, 11) is 0. The number of amides is 2. The van der Waals surface area contributed by atoms with Crippen molar-refractivity contribution in [1.29, 1.82) is 0 Å². The van der Waals surface area contributed by atoms with E-state index in [2.05, 4.69) is 51.0 Å². The first kappa shape index (κ1) is 21.6. The fourth-order valence-electron chi connectivity index (χ4n) is 3.95. The number of nitrogens with zero attached hydrogens (tertiary/aromatic N) is 5. The number of carbonyl (C=O) groups excluding carboxylic acids is 2. The highest BCUT2D eigenvalue weighted by atomic mass is 16.6. The lowest BCUT2D eigenvalue weighted by molar-refractivity contribution is -0.126. The Kier molecular flexibility index (Phi) is 6.25. The Morgan fingerprint density at radius 2 is 1.97 bits per heavy atom. The van der Waals surface area contributed by atoms with Gasteiger partial charge in [0.2, 0.25) is 11.9 Å². The largest absolute Gasteiger partial charge is 0.444 e. The third-order valence-corrected chi connectivity index (χ3v) is 5.85. The van der Waals surface area contributed by atoms with Crippen molar-refractivity contribution < 1.29 is 14.3 Å². The lowest BCUT2D eigenvalue weighted by atomic mass is 10.1. The van der Waals surface area contributed by atoms with Crippen LogP contribution in [0.1, 0.15) is 31.0 Å². The Morgan fingerprint density at radius 1 is 1.25 bits per heavy atom. The summed E-state index contributed by atoms with van der Waals surface area (Å²) in [6, 6.07) is 8.35. The maximum Gasteiger partial charge on any atom is 0.415 e. The van der Waals surface area contributed by atoms with Gasteiger partial charge < -0.3 is 19.9 Å². The molecule has 2 aliphatic rings. The average molecular weight is 437 g/mol. The second-order valence-corrected chi connectivity index (χ2v) is 7.82. The predicted molar refractivity (Wildman–Crippen MR) is 123 cm³/mol. The molecule has 0 saturated carbocycles. The Balaban J connectivity index is 1.40. The highest BCUT2D eigenvalue weighted by Gasteiger charge is 2.27. The summed E-state index contributed by atoms with van der Waals surface area (Å²) in [6.45, 7) is 11.1. The van der Waals surface area contributed by atoms with Crippen LogP contribution < -0.4 is 15.1 Å². The number of piperazine rings is 1. The molecule has 9 heteroatoms. The van der Waals surface area contributed by atoms with Gasteiger partial charge in [-0.2, -0.15) is 4.98 Å². The highest BCUT2D eigenvalue weighted by Crippen LogP contribution is 2.27. The minimum atomic E-state index is -0.386. The van der Waals surface area contributed by atoms with Crippen molar-refractivity contribution in [3.63, 3.8) is 0 Å². The quantitative estimate of drug-likeness (QED) is 0.696. The van der Waals surface area contributed by atoms with E-state index in [0.717, 1.165) is 29.9 Å². The summed E-state index contributed by atoms with van der Waals surface area (Å²) in [5, 5.41) is 3.32. The third-order valence-electron chi connectivity index (χ3n) is 5.85. The molecule has 1 atom stereocenters. The molecule has 1 aromatic carbocycles. The van der Waals surface area contributed by atoms with Crippen molar-refractivity contribution in [3.8, 4) is 0 Å². The van der Waals surface area contributed by atoms with E-state index in [1.54, 1.807) is 6.20 Å². The van der Waals surface area contributed by atoms with Gasteiger partial charge >= 0.3 is 6.09 Å². The van der Waals surface area contributed by atoms with Gasteiger partial charge in [-0.05, 0) is 37.6 Å². The highest BCUT2D eigenvalue weighted by molar-refractivity contribution is 5.89. The summed E-state index contributed by atoms with van der Waals surface area (Å²) >= 11 is 0. The molecule has 1 fully saturated rings. The summed E-state index contributed by atoms with van der Waals surface area (Å²) in [5.74, 6) is 1.05. The molecule has 1 aromatic heterocycles. The van der Waals surface area contributed by atoms with E-state index in [1.807, 2.05) is 18.7 Å². The number of anilines is 3. The first-order valence-electron chi connectivity index (χ1n) is 10.8. The molecule has 1 N–H and O–H groups in total. The van der Waals surface area contributed by atoms with Crippen LogP contribution in [0.15, 0.2) is 43.1 Å². The zero-order valence-corrected chi connectivity index (χ0v) is 18.5. The van der Waals surface area contributed by atoms with E-state index in [9.17, 15) is 9.59 Å². The van der Waals surface area contributed by atoms with E-state index in [0.29, 0.717) is 31.4 Å². The number of fused-ring (bicyclic) bond motifs is 1. The number of benzene rings is 1. The van der Waals surface area contributed by atoms with Crippen molar-refractivity contribution in [1.82, 2.24) is 14.9 Å². The van der Waals surface area contributed by atoms with Crippen molar-refractivity contribution >= 4 is 29.5 Å². The number of carbonyl (C=O) groups is 2. The first-order chi connectivity index (χ1) is 15.5. The molecule has 0 bridgehead atoms. The number of hydrogen-bond donors (Lipinski definition) is 1. The second kappa shape index (κ2) is 9.25. The van der Waals surface area contributed by atoms with Crippen LogP contribution in [0.25, 0.3) is 0 Å². The number of rotatable bonds is 6. The number of aromatic nitrogens is 2. The second-order valence-electron chi connectivity index (χ2n) is 7.82. The van der Waals surface area contributed by atoms with Gasteiger partial charge in [-0.3, -0.25) is 9.69 Å². The minimum Gasteiger partial charge on any atom is -0.444 e. The third kappa shape index (κ3) is 4.37. The predicted octanol–water partition coefficient (Wildman–Crippen LogP) is 2.96. The van der Waals surface area contributed by atoms with Crippen LogP contribution in [-0.4, -0.2) is 59.6 Å². The summed E-state index contributed by atoms with van der Waals surface area (Å²) in [6.07, 6.45) is 2.69. The van der Waals surface area contributed by atoms with Crippen LogP contribution in [0.4, 0.5) is 22.2 Å². The Morgan fingerprint density at radius 3 is 2.62 bits per heavy atom. The number of cyclic esters (lactones) is 1. The maximum absolute atomic E-state index is 12.0. The van der Waals surface area contributed by atoms with Crippen LogP contribution in [0.5, 0.6) is 0 Å². The van der Waals surface area contributed by atoms with Gasteiger partial charge in [0.1, 0.15) is 12.4 Å². The molecule has 1 saturated heterocycles. The molecule has 0 aliphatic carbocycles. The van der Waals surface area contributed by atoms with Gasteiger partial charge in [-0.1, -0.05) is 18.7 Å². The van der Waals surface area contributed by atoms with Crippen molar-refractivity contribution in [2.24, 2.45) is 0 Å². The fraction of sp³-hybridized carbons (Fsp3) is 0.391. The molecule has 0 radical (unpaired) electrons. The Hall–Kier alpha value is -3.62. The minimum absolute atomic E-state index is 0.0109.